The van der Waals surface area contributed by atoms with Gasteiger partial charge in [0.2, 0.25) is 0 Å². The molecule has 1 aromatic rings. The lowest BCUT2D eigenvalue weighted by molar-refractivity contribution is -0.135. The smallest absolute Gasteiger partial charge is 0.349 e. The molecule has 0 bridgehead atoms. The Labute approximate surface area is 118 Å². The van der Waals surface area contributed by atoms with Gasteiger partial charge in [-0.2, -0.15) is 0 Å². The Balaban J connectivity index is 2.93. The van der Waals surface area contributed by atoms with Crippen molar-refractivity contribution in [3.8, 4) is 0 Å². The molecule has 20 heavy (non-hydrogen) atoms. The van der Waals surface area contributed by atoms with Gasteiger partial charge in [0.15, 0.2) is 0 Å². The number of carbonyl (C=O) groups is 1. The van der Waals surface area contributed by atoms with Gasteiger partial charge in [-0.05, 0) is 26.0 Å². The zero-order valence-electron chi connectivity index (χ0n) is 11.7. The molecule has 0 aliphatic heterocycles. The van der Waals surface area contributed by atoms with E-state index in [0.29, 0.717) is 5.69 Å². The highest BCUT2D eigenvalue weighted by Crippen LogP contribution is 2.49. The second-order valence-electron chi connectivity index (χ2n) is 4.02. The number of para-hydroxylation sites is 1. The van der Waals surface area contributed by atoms with Crippen LogP contribution in [0.1, 0.15) is 13.8 Å². The largest absolute Gasteiger partial charge is 0.480 e. The minimum atomic E-state index is -3.33. The van der Waals surface area contributed by atoms with Gasteiger partial charge in [-0.1, -0.05) is 18.2 Å². The molecule has 0 heterocycles. The van der Waals surface area contributed by atoms with Crippen LogP contribution in [0.25, 0.3) is 0 Å². The average Bonchev–Trinajstić information content (AvgIpc) is 2.39. The molecule has 0 unspecified atom stereocenters. The number of aliphatic carboxylic acids is 1. The number of carboxylic acids is 1. The van der Waals surface area contributed by atoms with Crippen LogP contribution in [-0.2, 0) is 18.4 Å². The number of nitrogens with zero attached hydrogens (tertiary/aromatic N) is 1. The molecule has 0 saturated carbocycles. The zero-order valence-corrected chi connectivity index (χ0v) is 12.6. The van der Waals surface area contributed by atoms with Gasteiger partial charge in [0.1, 0.15) is 12.8 Å². The maximum atomic E-state index is 12.5. The maximum Gasteiger partial charge on any atom is 0.349 e. The predicted octanol–water partition coefficient (Wildman–Crippen LogP) is 2.80. The molecule has 1 aromatic carbocycles. The first-order valence-corrected chi connectivity index (χ1v) is 8.13. The van der Waals surface area contributed by atoms with E-state index in [2.05, 4.69) is 0 Å². The normalized spacial score (nSPS) is 11.3. The molecule has 0 atom stereocenters. The van der Waals surface area contributed by atoms with Gasteiger partial charge in [0.05, 0.1) is 13.2 Å². The van der Waals surface area contributed by atoms with Crippen molar-refractivity contribution in [1.29, 1.82) is 0 Å². The van der Waals surface area contributed by atoms with Gasteiger partial charge in [-0.25, -0.2) is 0 Å². The Bertz CT molecular complexity index is 455. The van der Waals surface area contributed by atoms with Crippen molar-refractivity contribution in [2.24, 2.45) is 0 Å². The summed E-state index contributed by atoms with van der Waals surface area (Å²) in [6.07, 6.45) is -0.0923. The Morgan fingerprint density at radius 3 is 2.20 bits per heavy atom. The van der Waals surface area contributed by atoms with Crippen LogP contribution in [0.5, 0.6) is 0 Å². The Morgan fingerprint density at radius 1 is 1.20 bits per heavy atom. The third kappa shape index (κ3) is 5.33. The molecule has 0 radical (unpaired) electrons. The Morgan fingerprint density at radius 2 is 1.75 bits per heavy atom. The summed E-state index contributed by atoms with van der Waals surface area (Å²) in [4.78, 5) is 12.5. The highest BCUT2D eigenvalue weighted by Gasteiger charge is 2.28. The van der Waals surface area contributed by atoms with Crippen LogP contribution < -0.4 is 4.90 Å². The summed E-state index contributed by atoms with van der Waals surface area (Å²) in [6.45, 7) is 3.65. The molecule has 0 aromatic heterocycles. The molecule has 6 nitrogen and oxygen atoms in total. The van der Waals surface area contributed by atoms with Gasteiger partial charge >= 0.3 is 13.6 Å². The fourth-order valence-corrected chi connectivity index (χ4v) is 3.45. The van der Waals surface area contributed by atoms with E-state index in [0.717, 1.165) is 0 Å². The number of carboxylic acid groups (broad SMARTS) is 1. The van der Waals surface area contributed by atoms with E-state index in [9.17, 15) is 9.36 Å². The molecule has 7 heteroatoms. The van der Waals surface area contributed by atoms with Crippen molar-refractivity contribution >= 4 is 19.3 Å². The summed E-state index contributed by atoms with van der Waals surface area (Å²) >= 11 is 0. The molecule has 0 amide bonds. The molecule has 0 saturated heterocycles. The van der Waals surface area contributed by atoms with Crippen molar-refractivity contribution in [2.75, 3.05) is 30.9 Å². The van der Waals surface area contributed by atoms with Crippen LogP contribution >= 0.6 is 7.60 Å². The third-order valence-electron chi connectivity index (χ3n) is 2.44. The fourth-order valence-electron chi connectivity index (χ4n) is 1.75. The Kier molecular flexibility index (Phi) is 6.71. The van der Waals surface area contributed by atoms with Crippen molar-refractivity contribution in [2.45, 2.75) is 13.8 Å². The topological polar surface area (TPSA) is 76.1 Å². The lowest BCUT2D eigenvalue weighted by Gasteiger charge is -2.27. The van der Waals surface area contributed by atoms with Gasteiger partial charge in [-0.15, -0.1) is 0 Å². The SMILES string of the molecule is CCOP(=O)(CN(CC(=O)O)c1ccccc1)OCC. The third-order valence-corrected chi connectivity index (χ3v) is 4.43. The molecule has 0 spiro atoms. The number of rotatable bonds is 9. The summed E-state index contributed by atoms with van der Waals surface area (Å²) in [6, 6.07) is 8.91. The van der Waals surface area contributed by atoms with E-state index in [4.69, 9.17) is 14.2 Å². The summed E-state index contributed by atoms with van der Waals surface area (Å²) in [5.41, 5.74) is 0.662. The molecular formula is C13H20NO5P. The molecule has 1 rings (SSSR count). The van der Waals surface area contributed by atoms with E-state index in [-0.39, 0.29) is 26.0 Å². The average molecular weight is 301 g/mol. The fraction of sp³-hybridized carbons (Fsp3) is 0.462. The lowest BCUT2D eigenvalue weighted by atomic mass is 10.3. The standard InChI is InChI=1S/C13H20NO5P/c1-3-18-20(17,19-4-2)11-14(10-13(15)16)12-8-6-5-7-9-12/h5-9H,3-4,10-11H2,1-2H3,(H,15,16). The van der Waals surface area contributed by atoms with Crippen LogP contribution in [0.2, 0.25) is 0 Å². The van der Waals surface area contributed by atoms with Gasteiger partial charge in [0, 0.05) is 5.69 Å². The van der Waals surface area contributed by atoms with Crippen LogP contribution in [-0.4, -0.2) is 37.1 Å². The first-order valence-electron chi connectivity index (χ1n) is 6.40. The monoisotopic (exact) mass is 301 g/mol. The summed E-state index contributed by atoms with van der Waals surface area (Å²) in [5.74, 6) is -1.01. The van der Waals surface area contributed by atoms with Crippen LogP contribution in [0.3, 0.4) is 0 Å². The van der Waals surface area contributed by atoms with Crippen molar-refractivity contribution in [1.82, 2.24) is 0 Å². The van der Waals surface area contributed by atoms with Crippen molar-refractivity contribution < 1.29 is 23.5 Å². The zero-order chi connectivity index (χ0) is 15.0. The van der Waals surface area contributed by atoms with E-state index >= 15 is 0 Å². The highest BCUT2D eigenvalue weighted by atomic mass is 31.2. The molecule has 0 fully saturated rings. The minimum Gasteiger partial charge on any atom is -0.480 e. The summed E-state index contributed by atoms with van der Waals surface area (Å²) in [5, 5.41) is 8.99. The summed E-state index contributed by atoms with van der Waals surface area (Å²) < 4.78 is 22.9. The molecule has 1 N–H and O–H groups in total. The number of benzene rings is 1. The minimum absolute atomic E-state index is 0.0923. The quantitative estimate of drug-likeness (QED) is 0.707. The van der Waals surface area contributed by atoms with E-state index in [1.807, 2.05) is 6.07 Å². The van der Waals surface area contributed by atoms with E-state index in [1.54, 1.807) is 38.1 Å². The summed E-state index contributed by atoms with van der Waals surface area (Å²) in [7, 11) is -3.33. The number of hydrogen-bond donors (Lipinski definition) is 1. The predicted molar refractivity (Wildman–Crippen MR) is 77.1 cm³/mol. The Hall–Kier alpha value is -1.36. The van der Waals surface area contributed by atoms with Crippen LogP contribution in [0, 0.1) is 0 Å². The van der Waals surface area contributed by atoms with E-state index < -0.39 is 13.6 Å². The second kappa shape index (κ2) is 8.04. The molecular weight excluding hydrogens is 281 g/mol. The van der Waals surface area contributed by atoms with E-state index in [1.165, 1.54) is 4.90 Å². The highest BCUT2D eigenvalue weighted by molar-refractivity contribution is 7.54. The lowest BCUT2D eigenvalue weighted by Crippen LogP contribution is -2.31. The first kappa shape index (κ1) is 16.7. The number of anilines is 1. The van der Waals surface area contributed by atoms with Crippen LogP contribution in [0.15, 0.2) is 30.3 Å². The molecule has 112 valence electrons. The maximum absolute atomic E-state index is 12.5. The van der Waals surface area contributed by atoms with Crippen LogP contribution in [0.4, 0.5) is 5.69 Å². The number of hydrogen-bond acceptors (Lipinski definition) is 5. The van der Waals surface area contributed by atoms with Gasteiger partial charge < -0.3 is 19.1 Å². The van der Waals surface area contributed by atoms with Gasteiger partial charge in [-0.3, -0.25) is 9.36 Å². The van der Waals surface area contributed by atoms with Crippen molar-refractivity contribution in [3.63, 3.8) is 0 Å². The van der Waals surface area contributed by atoms with Gasteiger partial charge in [0.25, 0.3) is 0 Å². The van der Waals surface area contributed by atoms with Crippen molar-refractivity contribution in [3.05, 3.63) is 30.3 Å². The molecule has 0 aliphatic carbocycles. The molecule has 0 aliphatic rings. The second-order valence-corrected chi connectivity index (χ2v) is 6.04. The first-order chi connectivity index (χ1) is 9.50.